The number of benzene rings is 1. The molecule has 2 rings (SSSR count). The first-order valence-electron chi connectivity index (χ1n) is 4.57. The van der Waals surface area contributed by atoms with Crippen LogP contribution in [0.1, 0.15) is 16.1 Å². The molecule has 6 heteroatoms. The summed E-state index contributed by atoms with van der Waals surface area (Å²) in [6, 6.07) is 1.06. The van der Waals surface area contributed by atoms with Crippen LogP contribution in [-0.2, 0) is 0 Å². The van der Waals surface area contributed by atoms with Gasteiger partial charge in [-0.25, -0.2) is 4.39 Å². The number of nitrogens with one attached hydrogen (secondary N) is 1. The van der Waals surface area contributed by atoms with Crippen molar-refractivity contribution in [3.05, 3.63) is 23.1 Å². The monoisotopic (exact) mass is 223 g/mol. The van der Waals surface area contributed by atoms with Crippen molar-refractivity contribution in [1.29, 1.82) is 0 Å². The molecule has 0 fully saturated rings. The minimum absolute atomic E-state index is 0.0148. The summed E-state index contributed by atoms with van der Waals surface area (Å²) in [5.74, 6) is -1.11. The van der Waals surface area contributed by atoms with Crippen LogP contribution in [0.2, 0.25) is 0 Å². The van der Waals surface area contributed by atoms with E-state index < -0.39 is 11.7 Å². The molecule has 0 saturated carbocycles. The fourth-order valence-corrected chi connectivity index (χ4v) is 1.67. The van der Waals surface area contributed by atoms with Crippen LogP contribution in [0.5, 0.6) is 5.75 Å². The Balaban J connectivity index is 2.91. The van der Waals surface area contributed by atoms with Crippen LogP contribution in [0.4, 0.5) is 4.39 Å². The summed E-state index contributed by atoms with van der Waals surface area (Å²) >= 11 is 0. The van der Waals surface area contributed by atoms with E-state index in [2.05, 4.69) is 10.2 Å². The second kappa shape index (κ2) is 3.48. The first-order chi connectivity index (χ1) is 7.56. The molecule has 84 valence electrons. The van der Waals surface area contributed by atoms with E-state index in [1.807, 2.05) is 0 Å². The van der Waals surface area contributed by atoms with E-state index in [-0.39, 0.29) is 16.8 Å². The molecule has 0 bridgehead atoms. The number of fused-ring (bicyclic) bond motifs is 1. The Hall–Kier alpha value is -2.11. The number of primary amides is 1. The van der Waals surface area contributed by atoms with E-state index in [1.165, 1.54) is 7.11 Å². The van der Waals surface area contributed by atoms with Crippen LogP contribution >= 0.6 is 0 Å². The highest BCUT2D eigenvalue weighted by Crippen LogP contribution is 2.31. The number of aromatic nitrogens is 2. The quantitative estimate of drug-likeness (QED) is 0.800. The molecular formula is C10H10FN3O2. The van der Waals surface area contributed by atoms with Gasteiger partial charge in [-0.3, -0.25) is 9.89 Å². The number of aryl methyl sites for hydroxylation is 1. The summed E-state index contributed by atoms with van der Waals surface area (Å²) in [5.41, 5.74) is 5.96. The van der Waals surface area contributed by atoms with Crippen LogP contribution in [0, 0.1) is 12.7 Å². The summed E-state index contributed by atoms with van der Waals surface area (Å²) < 4.78 is 18.7. The Labute approximate surface area is 90.4 Å². The number of halogens is 1. The molecule has 0 aliphatic carbocycles. The van der Waals surface area contributed by atoms with Crippen molar-refractivity contribution in [2.75, 3.05) is 7.11 Å². The van der Waals surface area contributed by atoms with Crippen LogP contribution in [0.3, 0.4) is 0 Å². The maximum absolute atomic E-state index is 13.7. The van der Waals surface area contributed by atoms with E-state index in [0.717, 1.165) is 6.07 Å². The van der Waals surface area contributed by atoms with E-state index in [9.17, 15) is 9.18 Å². The molecule has 0 atom stereocenters. The van der Waals surface area contributed by atoms with E-state index >= 15 is 0 Å². The molecule has 1 aromatic carbocycles. The van der Waals surface area contributed by atoms with Gasteiger partial charge in [0.2, 0.25) is 0 Å². The molecule has 1 amide bonds. The van der Waals surface area contributed by atoms with Crippen molar-refractivity contribution in [3.8, 4) is 5.75 Å². The number of methoxy groups -OCH3 is 1. The van der Waals surface area contributed by atoms with E-state index in [4.69, 9.17) is 10.5 Å². The number of carbonyl (C=O) groups excluding carboxylic acids is 1. The molecule has 2 aromatic rings. The minimum atomic E-state index is -0.752. The third-order valence-electron chi connectivity index (χ3n) is 2.39. The van der Waals surface area contributed by atoms with Crippen molar-refractivity contribution in [2.24, 2.45) is 5.73 Å². The lowest BCUT2D eigenvalue weighted by molar-refractivity contribution is 0.0997. The molecule has 1 aromatic heterocycles. The van der Waals surface area contributed by atoms with Gasteiger partial charge in [0.15, 0.2) is 5.75 Å². The van der Waals surface area contributed by atoms with Crippen LogP contribution < -0.4 is 10.5 Å². The fourth-order valence-electron chi connectivity index (χ4n) is 1.67. The van der Waals surface area contributed by atoms with Crippen molar-refractivity contribution < 1.29 is 13.9 Å². The second-order valence-electron chi connectivity index (χ2n) is 3.38. The average Bonchev–Trinajstić information content (AvgIpc) is 2.61. The summed E-state index contributed by atoms with van der Waals surface area (Å²) in [4.78, 5) is 11.1. The topological polar surface area (TPSA) is 81.0 Å². The van der Waals surface area contributed by atoms with Crippen molar-refractivity contribution >= 4 is 16.8 Å². The third-order valence-corrected chi connectivity index (χ3v) is 2.39. The molecule has 1 heterocycles. The number of carbonyl (C=O) groups is 1. The Bertz CT molecular complexity index is 577. The van der Waals surface area contributed by atoms with Gasteiger partial charge in [0, 0.05) is 5.69 Å². The zero-order chi connectivity index (χ0) is 11.9. The van der Waals surface area contributed by atoms with Crippen LogP contribution in [0.25, 0.3) is 10.9 Å². The number of H-pyrrole nitrogens is 1. The van der Waals surface area contributed by atoms with Gasteiger partial charge < -0.3 is 10.5 Å². The zero-order valence-electron chi connectivity index (χ0n) is 8.80. The number of hydrogen-bond acceptors (Lipinski definition) is 3. The SMILES string of the molecule is COc1c(C(N)=O)cc(F)c2c(C)[nH]nc12. The smallest absolute Gasteiger partial charge is 0.252 e. The summed E-state index contributed by atoms with van der Waals surface area (Å²) in [5, 5.41) is 6.84. The lowest BCUT2D eigenvalue weighted by Gasteiger charge is -2.06. The number of hydrogen-bond donors (Lipinski definition) is 2. The third kappa shape index (κ3) is 1.30. The zero-order valence-corrected chi connectivity index (χ0v) is 8.80. The predicted molar refractivity (Wildman–Crippen MR) is 55.9 cm³/mol. The summed E-state index contributed by atoms with van der Waals surface area (Å²) in [6.45, 7) is 1.68. The molecule has 5 nitrogen and oxygen atoms in total. The molecule has 3 N–H and O–H groups in total. The summed E-state index contributed by atoms with van der Waals surface area (Å²) in [6.07, 6.45) is 0. The molecule has 0 saturated heterocycles. The lowest BCUT2D eigenvalue weighted by atomic mass is 10.1. The number of nitrogens with two attached hydrogens (primary N) is 1. The van der Waals surface area contributed by atoms with Gasteiger partial charge >= 0.3 is 0 Å². The summed E-state index contributed by atoms with van der Waals surface area (Å²) in [7, 11) is 1.38. The maximum Gasteiger partial charge on any atom is 0.252 e. The van der Waals surface area contributed by atoms with Crippen molar-refractivity contribution in [2.45, 2.75) is 6.92 Å². The minimum Gasteiger partial charge on any atom is -0.494 e. The molecular weight excluding hydrogens is 213 g/mol. The normalized spacial score (nSPS) is 10.7. The molecule has 0 unspecified atom stereocenters. The standard InChI is InChI=1S/C10H10FN3O2/c1-4-7-6(11)3-5(10(12)15)9(16-2)8(7)14-13-4/h3H,1-2H3,(H2,12,15)(H,13,14). The Kier molecular flexibility index (Phi) is 2.26. The van der Waals surface area contributed by atoms with Gasteiger partial charge in [0.1, 0.15) is 11.3 Å². The molecule has 0 radical (unpaired) electrons. The molecule has 16 heavy (non-hydrogen) atoms. The highest BCUT2D eigenvalue weighted by molar-refractivity contribution is 6.02. The van der Waals surface area contributed by atoms with Crippen LogP contribution in [0.15, 0.2) is 6.07 Å². The number of amides is 1. The van der Waals surface area contributed by atoms with Crippen molar-refractivity contribution in [1.82, 2.24) is 10.2 Å². The van der Waals surface area contributed by atoms with Gasteiger partial charge in [0.25, 0.3) is 5.91 Å². The number of rotatable bonds is 2. The first kappa shape index (κ1) is 10.4. The maximum atomic E-state index is 13.7. The highest BCUT2D eigenvalue weighted by atomic mass is 19.1. The Morgan fingerprint density at radius 2 is 2.31 bits per heavy atom. The van der Waals surface area contributed by atoms with Gasteiger partial charge in [-0.2, -0.15) is 5.10 Å². The molecule has 0 aliphatic heterocycles. The van der Waals surface area contributed by atoms with E-state index in [0.29, 0.717) is 11.1 Å². The number of ether oxygens (including phenoxy) is 1. The van der Waals surface area contributed by atoms with Gasteiger partial charge in [-0.05, 0) is 13.0 Å². The van der Waals surface area contributed by atoms with Gasteiger partial charge in [-0.1, -0.05) is 0 Å². The Morgan fingerprint density at radius 1 is 1.62 bits per heavy atom. The fraction of sp³-hybridized carbons (Fsp3) is 0.200. The lowest BCUT2D eigenvalue weighted by Crippen LogP contribution is -2.13. The molecule has 0 aliphatic rings. The average molecular weight is 223 g/mol. The number of nitrogens with zero attached hydrogens (tertiary/aromatic N) is 1. The highest BCUT2D eigenvalue weighted by Gasteiger charge is 2.19. The first-order valence-corrected chi connectivity index (χ1v) is 4.57. The predicted octanol–water partition coefficient (Wildman–Crippen LogP) is 1.12. The second-order valence-corrected chi connectivity index (χ2v) is 3.38. The van der Waals surface area contributed by atoms with Gasteiger partial charge in [-0.15, -0.1) is 0 Å². The largest absolute Gasteiger partial charge is 0.494 e. The van der Waals surface area contributed by atoms with Gasteiger partial charge in [0.05, 0.1) is 18.1 Å². The number of aromatic amines is 1. The Morgan fingerprint density at radius 3 is 2.88 bits per heavy atom. The van der Waals surface area contributed by atoms with Crippen LogP contribution in [-0.4, -0.2) is 23.2 Å². The van der Waals surface area contributed by atoms with E-state index in [1.54, 1.807) is 6.92 Å². The van der Waals surface area contributed by atoms with Crippen molar-refractivity contribution in [3.63, 3.8) is 0 Å². The molecule has 0 spiro atoms.